The zero-order valence-corrected chi connectivity index (χ0v) is 31.5. The van der Waals surface area contributed by atoms with Crippen molar-refractivity contribution in [1.82, 2.24) is 9.97 Å². The van der Waals surface area contributed by atoms with E-state index >= 15 is 0 Å². The van der Waals surface area contributed by atoms with Crippen molar-refractivity contribution in [3.8, 4) is 56.5 Å². The molecule has 3 heteroatoms. The topological polar surface area (TPSA) is 35.0 Å². The summed E-state index contributed by atoms with van der Waals surface area (Å²) in [6.07, 6.45) is 6.89. The molecule has 7 aromatic carbocycles. The molecule has 2 atom stereocenters. The predicted molar refractivity (Wildman–Crippen MR) is 231 cm³/mol. The highest BCUT2D eigenvalue weighted by molar-refractivity contribution is 5.89. The van der Waals surface area contributed by atoms with Crippen LogP contribution in [-0.2, 0) is 5.41 Å². The average Bonchev–Trinajstić information content (AvgIpc) is 3.57. The molecule has 3 aliphatic rings. The first-order valence-electron chi connectivity index (χ1n) is 19.8. The van der Waals surface area contributed by atoms with Crippen molar-refractivity contribution >= 4 is 5.57 Å². The Morgan fingerprint density at radius 3 is 1.81 bits per heavy atom. The quantitative estimate of drug-likeness (QED) is 0.177. The van der Waals surface area contributed by atoms with Gasteiger partial charge in [-0.1, -0.05) is 177 Å². The van der Waals surface area contributed by atoms with Crippen molar-refractivity contribution < 1.29 is 4.74 Å². The minimum atomic E-state index is -0.496. The number of hydrogen-bond acceptors (Lipinski definition) is 3. The van der Waals surface area contributed by atoms with Crippen molar-refractivity contribution in [3.05, 3.63) is 234 Å². The van der Waals surface area contributed by atoms with Crippen LogP contribution in [0.2, 0.25) is 0 Å². The van der Waals surface area contributed by atoms with Crippen LogP contribution in [0.15, 0.2) is 200 Å². The Morgan fingerprint density at radius 2 is 1.07 bits per heavy atom. The third-order valence-corrected chi connectivity index (χ3v) is 12.2. The summed E-state index contributed by atoms with van der Waals surface area (Å²) >= 11 is 0. The van der Waals surface area contributed by atoms with Gasteiger partial charge in [-0.05, 0) is 75.2 Å². The van der Waals surface area contributed by atoms with Crippen LogP contribution in [0, 0.1) is 5.92 Å². The molecule has 1 spiro atoms. The molecule has 2 unspecified atom stereocenters. The molecule has 270 valence electrons. The number of rotatable bonds is 5. The molecule has 0 N–H and O–H groups in total. The van der Waals surface area contributed by atoms with Crippen molar-refractivity contribution in [2.45, 2.75) is 18.3 Å². The third kappa shape index (κ3) is 5.27. The molecule has 3 nitrogen and oxygen atoms in total. The smallest absolute Gasteiger partial charge is 0.160 e. The molecule has 0 saturated carbocycles. The summed E-state index contributed by atoms with van der Waals surface area (Å²) in [5, 5.41) is 0. The van der Waals surface area contributed by atoms with Crippen LogP contribution < -0.4 is 4.74 Å². The normalized spacial score (nSPS) is 16.8. The fourth-order valence-electron chi connectivity index (χ4n) is 9.56. The van der Waals surface area contributed by atoms with Gasteiger partial charge in [-0.25, -0.2) is 9.97 Å². The van der Waals surface area contributed by atoms with Crippen molar-refractivity contribution in [1.29, 1.82) is 0 Å². The summed E-state index contributed by atoms with van der Waals surface area (Å²) in [6, 6.07) is 64.9. The van der Waals surface area contributed by atoms with E-state index in [1.807, 2.05) is 24.3 Å². The first-order chi connectivity index (χ1) is 28.2. The molecule has 0 amide bonds. The summed E-state index contributed by atoms with van der Waals surface area (Å²) in [4.78, 5) is 10.2. The number of nitrogens with zero attached hydrogens (tertiary/aromatic N) is 2. The van der Waals surface area contributed by atoms with Crippen LogP contribution in [0.4, 0.5) is 0 Å². The second-order valence-corrected chi connectivity index (χ2v) is 15.3. The highest BCUT2D eigenvalue weighted by atomic mass is 16.5. The van der Waals surface area contributed by atoms with E-state index in [2.05, 4.69) is 183 Å². The van der Waals surface area contributed by atoms with Gasteiger partial charge in [-0.3, -0.25) is 0 Å². The lowest BCUT2D eigenvalue weighted by atomic mass is 9.65. The van der Waals surface area contributed by atoms with Gasteiger partial charge in [0.2, 0.25) is 0 Å². The van der Waals surface area contributed by atoms with Crippen LogP contribution in [0.25, 0.3) is 50.6 Å². The molecular formula is C54H38N2O. The van der Waals surface area contributed by atoms with E-state index in [4.69, 9.17) is 14.7 Å². The van der Waals surface area contributed by atoms with Gasteiger partial charge in [0.25, 0.3) is 0 Å². The largest absolute Gasteiger partial charge is 0.457 e. The lowest BCUT2D eigenvalue weighted by Crippen LogP contribution is -2.32. The fraction of sp³-hybridized carbons (Fsp3) is 0.0741. The van der Waals surface area contributed by atoms with Gasteiger partial charge in [-0.15, -0.1) is 0 Å². The molecule has 8 aromatic rings. The van der Waals surface area contributed by atoms with Crippen LogP contribution in [0.3, 0.4) is 0 Å². The van der Waals surface area contributed by atoms with Gasteiger partial charge in [0, 0.05) is 33.7 Å². The number of para-hydroxylation sites is 1. The molecule has 0 saturated heterocycles. The zero-order valence-electron chi connectivity index (χ0n) is 31.5. The van der Waals surface area contributed by atoms with Gasteiger partial charge in [0.15, 0.2) is 5.82 Å². The molecule has 0 radical (unpaired) electrons. The van der Waals surface area contributed by atoms with Crippen LogP contribution in [-0.4, -0.2) is 9.97 Å². The molecule has 1 aromatic heterocycles. The van der Waals surface area contributed by atoms with Crippen molar-refractivity contribution in [2.24, 2.45) is 5.92 Å². The number of ether oxygens (including phenoxy) is 1. The SMILES string of the molecule is CC1C(c2ccc3c(c2)C2(c4ccccc4O3)c3ccccc3-c3ccccc32)=CC=CC1c1cccc(-c2cc(-c3ccccc3)nc(-c3ccccc3)n2)c1. The number of aromatic nitrogens is 2. The van der Waals surface area contributed by atoms with E-state index in [9.17, 15) is 0 Å². The average molecular weight is 731 g/mol. The summed E-state index contributed by atoms with van der Waals surface area (Å²) in [5.41, 5.74) is 15.8. The second-order valence-electron chi connectivity index (χ2n) is 15.3. The maximum Gasteiger partial charge on any atom is 0.160 e. The number of fused-ring (bicyclic) bond motifs is 9. The molecule has 0 bridgehead atoms. The minimum absolute atomic E-state index is 0.170. The molecule has 57 heavy (non-hydrogen) atoms. The second kappa shape index (κ2) is 13.3. The van der Waals surface area contributed by atoms with Crippen LogP contribution in [0.5, 0.6) is 11.5 Å². The monoisotopic (exact) mass is 730 g/mol. The fourth-order valence-corrected chi connectivity index (χ4v) is 9.56. The number of benzene rings is 7. The van der Waals surface area contributed by atoms with E-state index in [-0.39, 0.29) is 11.8 Å². The van der Waals surface area contributed by atoms with Gasteiger partial charge in [0.1, 0.15) is 11.5 Å². The third-order valence-electron chi connectivity index (χ3n) is 12.2. The van der Waals surface area contributed by atoms with Gasteiger partial charge in [0.05, 0.1) is 16.8 Å². The Bertz CT molecular complexity index is 2800. The highest BCUT2D eigenvalue weighted by Gasteiger charge is 2.51. The van der Waals surface area contributed by atoms with Crippen molar-refractivity contribution in [2.75, 3.05) is 0 Å². The summed E-state index contributed by atoms with van der Waals surface area (Å²) < 4.78 is 6.74. The molecule has 1 aliphatic heterocycles. The Kier molecular flexibility index (Phi) is 7.75. The Balaban J connectivity index is 0.993. The van der Waals surface area contributed by atoms with Gasteiger partial charge >= 0.3 is 0 Å². The molecule has 2 heterocycles. The minimum Gasteiger partial charge on any atom is -0.457 e. The molecule has 11 rings (SSSR count). The first kappa shape index (κ1) is 33.3. The van der Waals surface area contributed by atoms with Crippen LogP contribution in [0.1, 0.15) is 46.2 Å². The summed E-state index contributed by atoms with van der Waals surface area (Å²) in [5.74, 6) is 2.92. The van der Waals surface area contributed by atoms with Crippen molar-refractivity contribution in [3.63, 3.8) is 0 Å². The van der Waals surface area contributed by atoms with E-state index < -0.39 is 5.41 Å². The first-order valence-corrected chi connectivity index (χ1v) is 19.8. The number of allylic oxidation sites excluding steroid dienone is 4. The highest BCUT2D eigenvalue weighted by Crippen LogP contribution is 2.62. The standard InChI is InChI=1S/C54H38N2O/c1-35-41(38-20-14-21-40(32-38)50-34-49(36-16-4-2-5-17-36)55-53(56-50)37-18-6-3-7-19-37)24-15-25-42(35)39-30-31-52-48(33-39)54(47-28-12-13-29-51(47)57-52)45-26-10-8-22-43(45)44-23-9-11-27-46(44)54/h2-35,41H,1H3. The lowest BCUT2D eigenvalue weighted by Gasteiger charge is -2.40. The van der Waals surface area contributed by atoms with Gasteiger partial charge in [-0.2, -0.15) is 0 Å². The van der Waals surface area contributed by atoms with E-state index in [0.29, 0.717) is 0 Å². The Hall–Kier alpha value is -7.10. The summed E-state index contributed by atoms with van der Waals surface area (Å²) in [6.45, 7) is 2.36. The zero-order chi connectivity index (χ0) is 37.9. The summed E-state index contributed by atoms with van der Waals surface area (Å²) in [7, 11) is 0. The van der Waals surface area contributed by atoms with Gasteiger partial charge < -0.3 is 4.74 Å². The Morgan fingerprint density at radius 1 is 0.474 bits per heavy atom. The maximum absolute atomic E-state index is 6.74. The molecular weight excluding hydrogens is 693 g/mol. The maximum atomic E-state index is 6.74. The van der Waals surface area contributed by atoms with E-state index in [0.717, 1.165) is 45.4 Å². The molecule has 2 aliphatic carbocycles. The molecule has 0 fully saturated rings. The predicted octanol–water partition coefficient (Wildman–Crippen LogP) is 13.3. The lowest BCUT2D eigenvalue weighted by molar-refractivity contribution is 0.436. The van der Waals surface area contributed by atoms with Crippen LogP contribution >= 0.6 is 0 Å². The number of hydrogen-bond donors (Lipinski definition) is 0. The Labute approximate surface area is 333 Å². The van der Waals surface area contributed by atoms with E-state index in [1.165, 1.54) is 50.1 Å². The van der Waals surface area contributed by atoms with E-state index in [1.54, 1.807) is 0 Å².